The Labute approximate surface area is 128 Å². The maximum Gasteiger partial charge on any atom is 0.212 e. The Morgan fingerprint density at radius 3 is 2.86 bits per heavy atom. The van der Waals surface area contributed by atoms with Crippen molar-refractivity contribution in [2.45, 2.75) is 51.9 Å². The number of hydrogen-bond acceptors (Lipinski definition) is 5. The molecule has 1 saturated carbocycles. The van der Waals surface area contributed by atoms with Crippen molar-refractivity contribution < 1.29 is 4.79 Å². The minimum absolute atomic E-state index is 0.457. The Morgan fingerprint density at radius 2 is 2.19 bits per heavy atom. The number of thiazole rings is 1. The third-order valence-corrected chi connectivity index (χ3v) is 5.14. The Hall–Kier alpha value is -1.56. The first-order valence-electron chi connectivity index (χ1n) is 7.60. The molecule has 0 radical (unpaired) electrons. The van der Waals surface area contributed by atoms with E-state index < -0.39 is 0 Å². The predicted octanol–water partition coefficient (Wildman–Crippen LogP) is 3.36. The summed E-state index contributed by atoms with van der Waals surface area (Å²) >= 11 is 1.54. The number of rotatable bonds is 5. The molecule has 0 amide bonds. The molecule has 0 aliphatic heterocycles. The van der Waals surface area contributed by atoms with Crippen LogP contribution in [0.4, 0.5) is 0 Å². The Bertz CT molecular complexity index is 613. The van der Waals surface area contributed by atoms with Crippen LogP contribution in [0.15, 0.2) is 5.38 Å². The van der Waals surface area contributed by atoms with Crippen molar-refractivity contribution in [1.29, 1.82) is 0 Å². The smallest absolute Gasteiger partial charge is 0.212 e. The Morgan fingerprint density at radius 1 is 1.38 bits per heavy atom. The van der Waals surface area contributed by atoms with Crippen LogP contribution in [0, 0.1) is 12.8 Å². The number of hydrogen-bond donors (Lipinski definition) is 0. The van der Waals surface area contributed by atoms with E-state index in [0.717, 1.165) is 41.6 Å². The number of carbonyl (C=O) groups excluding carboxylic acids is 1. The van der Waals surface area contributed by atoms with Crippen molar-refractivity contribution in [2.75, 3.05) is 0 Å². The standard InChI is InChI=1S/C15H20N4OS/c1-11-10-21-15(16-11)19-14(13(9-20)17-18-19)8-7-12-5-3-2-4-6-12/h9-10,12H,2-8H2,1H3. The number of aldehydes is 1. The summed E-state index contributed by atoms with van der Waals surface area (Å²) in [6.45, 7) is 1.96. The quantitative estimate of drug-likeness (QED) is 0.795. The van der Waals surface area contributed by atoms with Gasteiger partial charge in [-0.25, -0.2) is 4.98 Å². The van der Waals surface area contributed by atoms with Gasteiger partial charge in [-0.05, 0) is 25.7 Å². The van der Waals surface area contributed by atoms with Gasteiger partial charge in [0.2, 0.25) is 5.13 Å². The molecular weight excluding hydrogens is 284 g/mol. The molecule has 0 atom stereocenters. The highest BCUT2D eigenvalue weighted by atomic mass is 32.1. The normalized spacial score (nSPS) is 16.2. The summed E-state index contributed by atoms with van der Waals surface area (Å²) in [5.41, 5.74) is 2.33. The summed E-state index contributed by atoms with van der Waals surface area (Å²) in [4.78, 5) is 15.6. The average molecular weight is 304 g/mol. The molecule has 3 rings (SSSR count). The second kappa shape index (κ2) is 6.47. The third kappa shape index (κ3) is 3.20. The van der Waals surface area contributed by atoms with Gasteiger partial charge in [-0.3, -0.25) is 4.79 Å². The van der Waals surface area contributed by atoms with Crippen molar-refractivity contribution >= 4 is 17.6 Å². The van der Waals surface area contributed by atoms with Crippen LogP contribution in [0.5, 0.6) is 0 Å². The van der Waals surface area contributed by atoms with Crippen LogP contribution >= 0.6 is 11.3 Å². The van der Waals surface area contributed by atoms with E-state index in [1.165, 1.54) is 43.4 Å². The van der Waals surface area contributed by atoms with E-state index in [-0.39, 0.29) is 0 Å². The van der Waals surface area contributed by atoms with Gasteiger partial charge in [-0.2, -0.15) is 4.68 Å². The Kier molecular flexibility index (Phi) is 4.43. The highest BCUT2D eigenvalue weighted by Gasteiger charge is 2.19. The van der Waals surface area contributed by atoms with Crippen molar-refractivity contribution in [3.8, 4) is 5.13 Å². The lowest BCUT2D eigenvalue weighted by molar-refractivity contribution is 0.111. The van der Waals surface area contributed by atoms with Crippen LogP contribution in [0.25, 0.3) is 5.13 Å². The van der Waals surface area contributed by atoms with Crippen LogP contribution in [0.2, 0.25) is 0 Å². The molecule has 0 unspecified atom stereocenters. The first kappa shape index (κ1) is 14.4. The molecule has 1 aliphatic rings. The molecule has 0 bridgehead atoms. The average Bonchev–Trinajstić information content (AvgIpc) is 3.11. The van der Waals surface area contributed by atoms with Crippen molar-refractivity contribution in [2.24, 2.45) is 5.92 Å². The van der Waals surface area contributed by atoms with Gasteiger partial charge in [0.15, 0.2) is 6.29 Å². The van der Waals surface area contributed by atoms with Gasteiger partial charge in [0, 0.05) is 5.38 Å². The van der Waals surface area contributed by atoms with Gasteiger partial charge in [0.05, 0.1) is 11.4 Å². The van der Waals surface area contributed by atoms with E-state index in [1.807, 2.05) is 12.3 Å². The van der Waals surface area contributed by atoms with Gasteiger partial charge in [-0.1, -0.05) is 37.3 Å². The van der Waals surface area contributed by atoms with E-state index in [9.17, 15) is 4.79 Å². The van der Waals surface area contributed by atoms with Gasteiger partial charge < -0.3 is 0 Å². The largest absolute Gasteiger partial charge is 0.296 e. The number of nitrogens with zero attached hydrogens (tertiary/aromatic N) is 4. The first-order chi connectivity index (χ1) is 10.3. The molecule has 1 aliphatic carbocycles. The zero-order chi connectivity index (χ0) is 14.7. The fraction of sp³-hybridized carbons (Fsp3) is 0.600. The summed E-state index contributed by atoms with van der Waals surface area (Å²) in [7, 11) is 0. The summed E-state index contributed by atoms with van der Waals surface area (Å²) in [5.74, 6) is 0.777. The van der Waals surface area contributed by atoms with Crippen LogP contribution < -0.4 is 0 Å². The molecule has 1 fully saturated rings. The zero-order valence-corrected chi connectivity index (χ0v) is 13.1. The maximum absolute atomic E-state index is 11.2. The molecule has 6 heteroatoms. The number of aromatic nitrogens is 4. The lowest BCUT2D eigenvalue weighted by atomic mass is 9.85. The highest BCUT2D eigenvalue weighted by Crippen LogP contribution is 2.28. The third-order valence-electron chi connectivity index (χ3n) is 4.21. The van der Waals surface area contributed by atoms with E-state index in [2.05, 4.69) is 15.3 Å². The van der Waals surface area contributed by atoms with Gasteiger partial charge >= 0.3 is 0 Å². The van der Waals surface area contributed by atoms with Gasteiger partial charge in [-0.15, -0.1) is 16.4 Å². The molecule has 0 aromatic carbocycles. The lowest BCUT2D eigenvalue weighted by Gasteiger charge is -2.21. The molecule has 2 heterocycles. The second-order valence-corrected chi connectivity index (χ2v) is 6.60. The van der Waals surface area contributed by atoms with E-state index in [4.69, 9.17) is 0 Å². The van der Waals surface area contributed by atoms with Crippen LogP contribution in [0.1, 0.15) is 60.4 Å². The molecule has 0 N–H and O–H groups in total. The van der Waals surface area contributed by atoms with E-state index in [1.54, 1.807) is 4.68 Å². The van der Waals surface area contributed by atoms with Crippen molar-refractivity contribution in [1.82, 2.24) is 20.0 Å². The zero-order valence-electron chi connectivity index (χ0n) is 12.3. The van der Waals surface area contributed by atoms with E-state index in [0.29, 0.717) is 5.69 Å². The second-order valence-electron chi connectivity index (χ2n) is 5.77. The fourth-order valence-electron chi connectivity index (χ4n) is 3.05. The minimum atomic E-state index is 0.457. The lowest BCUT2D eigenvalue weighted by Crippen LogP contribution is -2.10. The van der Waals surface area contributed by atoms with Gasteiger partial charge in [0.25, 0.3) is 0 Å². The molecule has 21 heavy (non-hydrogen) atoms. The summed E-state index contributed by atoms with van der Waals surface area (Å²) in [6, 6.07) is 0. The van der Waals surface area contributed by atoms with Crippen LogP contribution in [-0.4, -0.2) is 26.3 Å². The van der Waals surface area contributed by atoms with E-state index >= 15 is 0 Å². The van der Waals surface area contributed by atoms with Crippen LogP contribution in [-0.2, 0) is 6.42 Å². The number of aryl methyl sites for hydroxylation is 1. The fourth-order valence-corrected chi connectivity index (χ4v) is 3.82. The summed E-state index contributed by atoms with van der Waals surface area (Å²) < 4.78 is 1.74. The molecule has 0 saturated heterocycles. The molecule has 112 valence electrons. The summed E-state index contributed by atoms with van der Waals surface area (Å²) in [6.07, 6.45) is 9.45. The highest BCUT2D eigenvalue weighted by molar-refractivity contribution is 7.12. The SMILES string of the molecule is Cc1csc(-n2nnc(C=O)c2CCC2CCCCC2)n1. The molecule has 5 nitrogen and oxygen atoms in total. The predicted molar refractivity (Wildman–Crippen MR) is 82.1 cm³/mol. The molecular formula is C15H20N4OS. The van der Waals surface area contributed by atoms with Gasteiger partial charge in [0.1, 0.15) is 5.69 Å². The van der Waals surface area contributed by atoms with Crippen molar-refractivity contribution in [3.05, 3.63) is 22.5 Å². The number of carbonyl (C=O) groups is 1. The molecule has 2 aromatic heterocycles. The Balaban J connectivity index is 1.79. The monoisotopic (exact) mass is 304 g/mol. The maximum atomic E-state index is 11.2. The topological polar surface area (TPSA) is 60.7 Å². The molecule has 2 aromatic rings. The molecule has 0 spiro atoms. The summed E-state index contributed by atoms with van der Waals surface area (Å²) in [5, 5.41) is 10.9. The minimum Gasteiger partial charge on any atom is -0.296 e. The van der Waals surface area contributed by atoms with Crippen molar-refractivity contribution in [3.63, 3.8) is 0 Å². The van der Waals surface area contributed by atoms with Crippen LogP contribution in [0.3, 0.4) is 0 Å². The first-order valence-corrected chi connectivity index (χ1v) is 8.48.